The molecule has 0 bridgehead atoms. The molecule has 1 atom stereocenters. The van der Waals surface area contributed by atoms with Gasteiger partial charge in [-0.1, -0.05) is 41.1 Å². The molecule has 3 heteroatoms. The van der Waals surface area contributed by atoms with Crippen LogP contribution >= 0.6 is 27.3 Å². The molecule has 1 aromatic carbocycles. The molecule has 2 aromatic rings. The van der Waals surface area contributed by atoms with Crippen molar-refractivity contribution in [2.24, 2.45) is 0 Å². The van der Waals surface area contributed by atoms with Crippen LogP contribution in [0.4, 0.5) is 0 Å². The van der Waals surface area contributed by atoms with Crippen LogP contribution in [0.3, 0.4) is 0 Å². The van der Waals surface area contributed by atoms with Crippen LogP contribution in [-0.4, -0.2) is 12.6 Å². The lowest BCUT2D eigenvalue weighted by molar-refractivity contribution is 0.477. The average Bonchev–Trinajstić information content (AvgIpc) is 2.97. The summed E-state index contributed by atoms with van der Waals surface area (Å²) in [6, 6.07) is 11.3. The Bertz CT molecular complexity index is 495. The first kappa shape index (κ1) is 15.7. The Hall–Kier alpha value is -0.640. The summed E-state index contributed by atoms with van der Waals surface area (Å²) in [6.45, 7) is 3.32. The molecule has 1 heterocycles. The average molecular weight is 352 g/mol. The Morgan fingerprint density at radius 3 is 2.80 bits per heavy atom. The van der Waals surface area contributed by atoms with Crippen LogP contribution in [-0.2, 0) is 12.8 Å². The third-order valence-electron chi connectivity index (χ3n) is 3.47. The maximum absolute atomic E-state index is 3.69. The van der Waals surface area contributed by atoms with Gasteiger partial charge in [0.25, 0.3) is 0 Å². The molecule has 0 radical (unpaired) electrons. The predicted molar refractivity (Wildman–Crippen MR) is 92.6 cm³/mol. The maximum Gasteiger partial charge on any atom is 0.0207 e. The summed E-state index contributed by atoms with van der Waals surface area (Å²) in [7, 11) is 0. The van der Waals surface area contributed by atoms with E-state index in [9.17, 15) is 0 Å². The molecule has 1 unspecified atom stereocenters. The fourth-order valence-corrected chi connectivity index (χ4v) is 3.48. The van der Waals surface area contributed by atoms with Gasteiger partial charge in [-0.05, 0) is 66.2 Å². The fourth-order valence-electron chi connectivity index (χ4n) is 2.33. The second-order valence-electron chi connectivity index (χ2n) is 5.12. The lowest BCUT2D eigenvalue weighted by atomic mass is 10.00. The van der Waals surface area contributed by atoms with Crippen LogP contribution in [0.2, 0.25) is 0 Å². The van der Waals surface area contributed by atoms with Crippen molar-refractivity contribution >= 4 is 27.3 Å². The molecule has 108 valence electrons. The van der Waals surface area contributed by atoms with Gasteiger partial charge in [0.15, 0.2) is 0 Å². The van der Waals surface area contributed by atoms with E-state index in [1.54, 1.807) is 11.3 Å². The van der Waals surface area contributed by atoms with Gasteiger partial charge in [0.05, 0.1) is 0 Å². The van der Waals surface area contributed by atoms with Crippen LogP contribution in [0.5, 0.6) is 0 Å². The molecule has 2 rings (SSSR count). The van der Waals surface area contributed by atoms with Crippen molar-refractivity contribution < 1.29 is 0 Å². The van der Waals surface area contributed by atoms with E-state index in [4.69, 9.17) is 0 Å². The van der Waals surface area contributed by atoms with Crippen molar-refractivity contribution in [2.45, 2.75) is 38.6 Å². The normalized spacial score (nSPS) is 12.5. The van der Waals surface area contributed by atoms with Crippen molar-refractivity contribution in [1.82, 2.24) is 5.32 Å². The van der Waals surface area contributed by atoms with Gasteiger partial charge in [0.2, 0.25) is 0 Å². The van der Waals surface area contributed by atoms with E-state index in [2.05, 4.69) is 69.3 Å². The molecule has 1 N–H and O–H groups in total. The summed E-state index contributed by atoms with van der Waals surface area (Å²) >= 11 is 5.44. The first-order chi connectivity index (χ1) is 9.79. The Morgan fingerprint density at radius 1 is 1.25 bits per heavy atom. The largest absolute Gasteiger partial charge is 0.314 e. The van der Waals surface area contributed by atoms with Gasteiger partial charge in [0, 0.05) is 10.5 Å². The summed E-state index contributed by atoms with van der Waals surface area (Å²) < 4.78 is 1.22. The van der Waals surface area contributed by atoms with E-state index in [-0.39, 0.29) is 0 Å². The van der Waals surface area contributed by atoms with Crippen molar-refractivity contribution in [3.8, 4) is 0 Å². The summed E-state index contributed by atoms with van der Waals surface area (Å²) in [5.74, 6) is 0. The molecule has 0 saturated heterocycles. The molecule has 0 aliphatic carbocycles. The predicted octanol–water partition coefficient (Wildman–Crippen LogP) is 5.05. The summed E-state index contributed by atoms with van der Waals surface area (Å²) in [6.07, 6.45) is 4.63. The number of nitrogens with one attached hydrogen (secondary N) is 1. The van der Waals surface area contributed by atoms with E-state index < -0.39 is 0 Å². The fraction of sp³-hybridized carbons (Fsp3) is 0.412. The Morgan fingerprint density at radius 2 is 2.10 bits per heavy atom. The molecular weight excluding hydrogens is 330 g/mol. The molecule has 1 aromatic heterocycles. The van der Waals surface area contributed by atoms with Gasteiger partial charge in [-0.25, -0.2) is 0 Å². The highest BCUT2D eigenvalue weighted by Crippen LogP contribution is 2.19. The smallest absolute Gasteiger partial charge is 0.0207 e. The number of hydrogen-bond donors (Lipinski definition) is 1. The number of rotatable bonds is 8. The van der Waals surface area contributed by atoms with E-state index >= 15 is 0 Å². The zero-order valence-corrected chi connectivity index (χ0v) is 14.3. The minimum Gasteiger partial charge on any atom is -0.314 e. The van der Waals surface area contributed by atoms with Crippen LogP contribution in [0.15, 0.2) is 45.6 Å². The topological polar surface area (TPSA) is 12.0 Å². The van der Waals surface area contributed by atoms with E-state index in [0.717, 1.165) is 19.4 Å². The van der Waals surface area contributed by atoms with Gasteiger partial charge in [0.1, 0.15) is 0 Å². The van der Waals surface area contributed by atoms with E-state index in [1.807, 2.05) is 0 Å². The highest BCUT2D eigenvalue weighted by atomic mass is 79.9. The molecule has 20 heavy (non-hydrogen) atoms. The van der Waals surface area contributed by atoms with Gasteiger partial charge in [-0.15, -0.1) is 0 Å². The minimum absolute atomic E-state index is 0.550. The molecule has 0 saturated carbocycles. The molecule has 0 aliphatic rings. The number of aryl methyl sites for hydroxylation is 1. The molecule has 0 fully saturated rings. The Kier molecular flexibility index (Phi) is 6.77. The number of halogens is 1. The van der Waals surface area contributed by atoms with Crippen LogP contribution in [0, 0.1) is 0 Å². The number of benzene rings is 1. The van der Waals surface area contributed by atoms with E-state index in [0.29, 0.717) is 6.04 Å². The minimum atomic E-state index is 0.550. The van der Waals surface area contributed by atoms with Gasteiger partial charge >= 0.3 is 0 Å². The SMILES string of the molecule is CCCNC(CCc1ccsc1)Cc1ccccc1Br. The number of thiophene rings is 1. The van der Waals surface area contributed by atoms with Crippen molar-refractivity contribution in [2.75, 3.05) is 6.54 Å². The second-order valence-corrected chi connectivity index (χ2v) is 6.75. The summed E-state index contributed by atoms with van der Waals surface area (Å²) in [5, 5.41) is 8.11. The maximum atomic E-state index is 3.69. The molecule has 0 amide bonds. The summed E-state index contributed by atoms with van der Waals surface area (Å²) in [4.78, 5) is 0. The van der Waals surface area contributed by atoms with Crippen molar-refractivity contribution in [3.05, 3.63) is 56.7 Å². The standard InChI is InChI=1S/C17H22BrNS/c1-2-10-19-16(8-7-14-9-11-20-13-14)12-15-5-3-4-6-17(15)18/h3-6,9,11,13,16,19H,2,7-8,10,12H2,1H3. The zero-order valence-electron chi connectivity index (χ0n) is 11.9. The zero-order chi connectivity index (χ0) is 14.2. The third-order valence-corrected chi connectivity index (χ3v) is 4.97. The Labute approximate surface area is 134 Å². The van der Waals surface area contributed by atoms with Gasteiger partial charge in [-0.3, -0.25) is 0 Å². The molecule has 1 nitrogen and oxygen atoms in total. The molecule has 0 aliphatic heterocycles. The summed E-state index contributed by atoms with van der Waals surface area (Å²) in [5.41, 5.74) is 2.86. The van der Waals surface area contributed by atoms with Gasteiger partial charge < -0.3 is 5.32 Å². The lowest BCUT2D eigenvalue weighted by Gasteiger charge is -2.19. The highest BCUT2D eigenvalue weighted by Gasteiger charge is 2.11. The monoisotopic (exact) mass is 351 g/mol. The van der Waals surface area contributed by atoms with Crippen LogP contribution in [0.1, 0.15) is 30.9 Å². The van der Waals surface area contributed by atoms with Crippen LogP contribution in [0.25, 0.3) is 0 Å². The van der Waals surface area contributed by atoms with Crippen molar-refractivity contribution in [3.63, 3.8) is 0 Å². The first-order valence-corrected chi connectivity index (χ1v) is 9.01. The highest BCUT2D eigenvalue weighted by molar-refractivity contribution is 9.10. The molecule has 0 spiro atoms. The number of hydrogen-bond acceptors (Lipinski definition) is 2. The van der Waals surface area contributed by atoms with Crippen molar-refractivity contribution in [1.29, 1.82) is 0 Å². The second kappa shape index (κ2) is 8.60. The Balaban J connectivity index is 1.94. The van der Waals surface area contributed by atoms with E-state index in [1.165, 1.54) is 28.4 Å². The quantitative estimate of drug-likeness (QED) is 0.701. The van der Waals surface area contributed by atoms with Gasteiger partial charge in [-0.2, -0.15) is 11.3 Å². The van der Waals surface area contributed by atoms with Crippen LogP contribution < -0.4 is 5.32 Å². The molecular formula is C17H22BrNS. The third kappa shape index (κ3) is 5.04. The first-order valence-electron chi connectivity index (χ1n) is 7.27. The lowest BCUT2D eigenvalue weighted by Crippen LogP contribution is -2.32.